The van der Waals surface area contributed by atoms with Crippen molar-refractivity contribution < 1.29 is 9.52 Å². The highest BCUT2D eigenvalue weighted by Gasteiger charge is 2.27. The lowest BCUT2D eigenvalue weighted by Gasteiger charge is -2.33. The first-order valence-electron chi connectivity index (χ1n) is 8.84. The molecule has 1 aromatic carbocycles. The van der Waals surface area contributed by atoms with E-state index < -0.39 is 0 Å². The lowest BCUT2D eigenvalue weighted by Crippen LogP contribution is -2.35. The van der Waals surface area contributed by atoms with Crippen LogP contribution in [-0.4, -0.2) is 28.1 Å². The van der Waals surface area contributed by atoms with Crippen LogP contribution < -0.4 is 0 Å². The third-order valence-corrected chi connectivity index (χ3v) is 4.87. The van der Waals surface area contributed by atoms with Gasteiger partial charge in [-0.2, -0.15) is 0 Å². The Morgan fingerprint density at radius 1 is 1.21 bits per heavy atom. The van der Waals surface area contributed by atoms with E-state index in [1.54, 1.807) is 0 Å². The van der Waals surface area contributed by atoms with Crippen molar-refractivity contribution in [1.29, 1.82) is 0 Å². The Bertz CT molecular complexity index is 637. The molecule has 3 rings (SSSR count). The van der Waals surface area contributed by atoms with Crippen LogP contribution in [0.5, 0.6) is 0 Å². The number of likely N-dealkylation sites (tertiary alicyclic amines) is 1. The molecule has 1 atom stereocenters. The molecule has 130 valence electrons. The number of rotatable bonds is 4. The molecule has 24 heavy (non-hydrogen) atoms. The van der Waals surface area contributed by atoms with Crippen LogP contribution in [-0.2, 0) is 12.0 Å². The molecule has 1 saturated heterocycles. The van der Waals surface area contributed by atoms with Crippen LogP contribution in [0.15, 0.2) is 40.9 Å². The van der Waals surface area contributed by atoms with Crippen molar-refractivity contribution in [2.45, 2.75) is 51.7 Å². The Balaban J connectivity index is 1.53. The van der Waals surface area contributed by atoms with Gasteiger partial charge in [0.2, 0.25) is 5.89 Å². The van der Waals surface area contributed by atoms with Crippen LogP contribution in [0.2, 0.25) is 0 Å². The lowest BCUT2D eigenvalue weighted by atomic mass is 9.87. The number of aliphatic hydroxyl groups is 1. The molecule has 0 bridgehead atoms. The standard InChI is InChI=1S/C20H28N2O2/c1-20(2,3)17-13-21-18(24-17)14-22-11-9-16(10-12-22)19(23)15-7-5-4-6-8-15/h4-8,13,16,19,23H,9-12,14H2,1-3H3. The molecule has 1 aliphatic heterocycles. The van der Waals surface area contributed by atoms with Gasteiger partial charge in [0.1, 0.15) is 5.76 Å². The first kappa shape index (κ1) is 17.2. The molecular weight excluding hydrogens is 300 g/mol. The van der Waals surface area contributed by atoms with Gasteiger partial charge in [-0.15, -0.1) is 0 Å². The highest BCUT2D eigenvalue weighted by molar-refractivity contribution is 5.18. The highest BCUT2D eigenvalue weighted by Crippen LogP contribution is 2.31. The summed E-state index contributed by atoms with van der Waals surface area (Å²) in [4.78, 5) is 6.79. The van der Waals surface area contributed by atoms with Gasteiger partial charge in [-0.1, -0.05) is 51.1 Å². The number of piperidine rings is 1. The fourth-order valence-corrected chi connectivity index (χ4v) is 3.27. The van der Waals surface area contributed by atoms with E-state index in [0.29, 0.717) is 5.92 Å². The fraction of sp³-hybridized carbons (Fsp3) is 0.550. The van der Waals surface area contributed by atoms with Crippen molar-refractivity contribution in [3.05, 3.63) is 53.7 Å². The summed E-state index contributed by atoms with van der Waals surface area (Å²) in [5.41, 5.74) is 1.02. The smallest absolute Gasteiger partial charge is 0.208 e. The summed E-state index contributed by atoms with van der Waals surface area (Å²) in [6.45, 7) is 9.10. The van der Waals surface area contributed by atoms with Crippen LogP contribution in [0, 0.1) is 5.92 Å². The van der Waals surface area contributed by atoms with Crippen molar-refractivity contribution in [1.82, 2.24) is 9.88 Å². The Hall–Kier alpha value is -1.65. The van der Waals surface area contributed by atoms with E-state index in [4.69, 9.17) is 4.42 Å². The SMILES string of the molecule is CC(C)(C)c1cnc(CN2CCC(C(O)c3ccccc3)CC2)o1. The molecule has 0 amide bonds. The van der Waals surface area contributed by atoms with E-state index >= 15 is 0 Å². The van der Waals surface area contributed by atoms with Gasteiger partial charge in [0.05, 0.1) is 18.8 Å². The van der Waals surface area contributed by atoms with Gasteiger partial charge < -0.3 is 9.52 Å². The maximum atomic E-state index is 10.6. The molecule has 0 radical (unpaired) electrons. The third-order valence-electron chi connectivity index (χ3n) is 4.87. The fourth-order valence-electron chi connectivity index (χ4n) is 3.27. The van der Waals surface area contributed by atoms with Gasteiger partial charge in [0.15, 0.2) is 0 Å². The third kappa shape index (κ3) is 4.05. The van der Waals surface area contributed by atoms with Crippen LogP contribution in [0.3, 0.4) is 0 Å². The van der Waals surface area contributed by atoms with Crippen molar-refractivity contribution in [2.24, 2.45) is 5.92 Å². The summed E-state index contributed by atoms with van der Waals surface area (Å²) in [7, 11) is 0. The predicted molar refractivity (Wildman–Crippen MR) is 94.6 cm³/mol. The molecule has 4 heteroatoms. The zero-order valence-corrected chi connectivity index (χ0v) is 14.9. The maximum absolute atomic E-state index is 10.6. The molecule has 2 heterocycles. The average Bonchev–Trinajstić information content (AvgIpc) is 3.05. The van der Waals surface area contributed by atoms with Gasteiger partial charge in [-0.25, -0.2) is 4.98 Å². The van der Waals surface area contributed by atoms with E-state index in [2.05, 4.69) is 30.7 Å². The molecule has 0 spiro atoms. The quantitative estimate of drug-likeness (QED) is 0.924. The molecule has 2 aromatic rings. The Kier molecular flexibility index (Phi) is 5.07. The largest absolute Gasteiger partial charge is 0.444 e. The molecule has 1 aromatic heterocycles. The van der Waals surface area contributed by atoms with Gasteiger partial charge >= 0.3 is 0 Å². The van der Waals surface area contributed by atoms with Crippen molar-refractivity contribution in [3.63, 3.8) is 0 Å². The Morgan fingerprint density at radius 3 is 2.46 bits per heavy atom. The summed E-state index contributed by atoms with van der Waals surface area (Å²) in [6.07, 6.45) is 3.50. The lowest BCUT2D eigenvalue weighted by molar-refractivity contribution is 0.0542. The van der Waals surface area contributed by atoms with Crippen LogP contribution in [0.1, 0.15) is 56.9 Å². The van der Waals surface area contributed by atoms with Crippen molar-refractivity contribution in [3.8, 4) is 0 Å². The second-order valence-corrected chi connectivity index (χ2v) is 7.84. The number of aliphatic hydroxyl groups excluding tert-OH is 1. The topological polar surface area (TPSA) is 49.5 Å². The molecule has 0 saturated carbocycles. The van der Waals surface area contributed by atoms with E-state index in [-0.39, 0.29) is 11.5 Å². The second-order valence-electron chi connectivity index (χ2n) is 7.84. The minimum absolute atomic E-state index is 0.00195. The molecule has 1 fully saturated rings. The monoisotopic (exact) mass is 328 g/mol. The molecule has 1 N–H and O–H groups in total. The number of benzene rings is 1. The normalized spacial score (nSPS) is 18.7. The van der Waals surface area contributed by atoms with Crippen LogP contribution in [0.4, 0.5) is 0 Å². The second kappa shape index (κ2) is 7.08. The van der Waals surface area contributed by atoms with E-state index in [1.165, 1.54) is 0 Å². The van der Waals surface area contributed by atoms with E-state index in [1.807, 2.05) is 36.5 Å². The van der Waals surface area contributed by atoms with Crippen molar-refractivity contribution >= 4 is 0 Å². The molecule has 4 nitrogen and oxygen atoms in total. The number of oxazole rings is 1. The predicted octanol–water partition coefficient (Wildman–Crippen LogP) is 3.92. The number of nitrogens with zero attached hydrogens (tertiary/aromatic N) is 2. The van der Waals surface area contributed by atoms with Crippen LogP contribution >= 0.6 is 0 Å². The first-order chi connectivity index (χ1) is 11.4. The first-order valence-corrected chi connectivity index (χ1v) is 8.84. The summed E-state index contributed by atoms with van der Waals surface area (Å²) in [5, 5.41) is 10.6. The molecule has 0 aliphatic carbocycles. The number of aromatic nitrogens is 1. The summed E-state index contributed by atoms with van der Waals surface area (Å²) >= 11 is 0. The summed E-state index contributed by atoms with van der Waals surface area (Å²) in [6, 6.07) is 9.99. The molecular formula is C20H28N2O2. The van der Waals surface area contributed by atoms with Crippen LogP contribution in [0.25, 0.3) is 0 Å². The minimum Gasteiger partial charge on any atom is -0.444 e. The minimum atomic E-state index is -0.359. The maximum Gasteiger partial charge on any atom is 0.208 e. The number of hydrogen-bond acceptors (Lipinski definition) is 4. The average molecular weight is 328 g/mol. The van der Waals surface area contributed by atoms with Gasteiger partial charge in [-0.3, -0.25) is 4.90 Å². The van der Waals surface area contributed by atoms with E-state index in [9.17, 15) is 5.11 Å². The Morgan fingerprint density at radius 2 is 1.88 bits per heavy atom. The number of hydrogen-bond donors (Lipinski definition) is 1. The molecule has 1 aliphatic rings. The molecule has 1 unspecified atom stereocenters. The Labute approximate surface area is 144 Å². The zero-order chi connectivity index (χ0) is 17.2. The van der Waals surface area contributed by atoms with E-state index in [0.717, 1.165) is 49.7 Å². The summed E-state index contributed by atoms with van der Waals surface area (Å²) < 4.78 is 5.89. The van der Waals surface area contributed by atoms with Crippen molar-refractivity contribution in [2.75, 3.05) is 13.1 Å². The zero-order valence-electron chi connectivity index (χ0n) is 14.9. The summed E-state index contributed by atoms with van der Waals surface area (Å²) in [5.74, 6) is 2.06. The van der Waals surface area contributed by atoms with Gasteiger partial charge in [0, 0.05) is 5.41 Å². The highest BCUT2D eigenvalue weighted by atomic mass is 16.4. The van der Waals surface area contributed by atoms with Gasteiger partial charge in [0.25, 0.3) is 0 Å². The van der Waals surface area contributed by atoms with Gasteiger partial charge in [-0.05, 0) is 37.4 Å².